The fraction of sp³-hybridized carbons (Fsp3) is 0.562. The van der Waals surface area contributed by atoms with E-state index in [1.807, 2.05) is 4.90 Å². The van der Waals surface area contributed by atoms with Crippen molar-refractivity contribution in [3.63, 3.8) is 0 Å². The van der Waals surface area contributed by atoms with Crippen LogP contribution in [0.5, 0.6) is 11.5 Å². The Morgan fingerprint density at radius 2 is 1.67 bits per heavy atom. The number of piperazine rings is 1. The third-order valence-corrected chi connectivity index (χ3v) is 7.91. The van der Waals surface area contributed by atoms with Gasteiger partial charge in [-0.2, -0.15) is 0 Å². The fourth-order valence-corrected chi connectivity index (χ4v) is 5.90. The molecule has 244 valence electrons. The lowest BCUT2D eigenvalue weighted by Gasteiger charge is -2.40. The number of fused-ring (bicyclic) bond motifs is 2. The lowest BCUT2D eigenvalue weighted by Crippen LogP contribution is -2.58. The first-order chi connectivity index (χ1) is 21.1. The van der Waals surface area contributed by atoms with Crippen molar-refractivity contribution in [1.29, 1.82) is 0 Å². The molecule has 45 heavy (non-hydrogen) atoms. The highest BCUT2D eigenvalue weighted by Gasteiger charge is 2.42. The Hall–Kier alpha value is -3.80. The average Bonchev–Trinajstić information content (AvgIpc) is 3.09. The van der Waals surface area contributed by atoms with Crippen LogP contribution >= 0.6 is 11.6 Å². The highest BCUT2D eigenvalue weighted by Crippen LogP contribution is 2.46. The second kappa shape index (κ2) is 12.5. The molecule has 2 amide bonds. The minimum Gasteiger partial charge on any atom is -0.489 e. The summed E-state index contributed by atoms with van der Waals surface area (Å²) in [5.74, 6) is -0.835. The molecule has 0 bridgehead atoms. The molecule has 2 aromatic rings. The number of carbonyl (C=O) groups excluding carboxylic acids is 3. The van der Waals surface area contributed by atoms with Crippen molar-refractivity contribution in [2.45, 2.75) is 78.0 Å². The Balaban J connectivity index is 1.57. The van der Waals surface area contributed by atoms with E-state index in [9.17, 15) is 14.4 Å². The molecule has 13 heteroatoms. The largest absolute Gasteiger partial charge is 0.514 e. The standard InChI is InChI=1S/C32H40ClFN4O7/c1-31(2,3)44-29(40)37-15-16-38-19(17-37)18-42-26-23(28(38)39)27(36-13-8-7-9-14-36)35-25(24(26)33)22-20(34)11-10-12-21(22)43-30(41)45-32(4,5)6/h10-12,19H,7-9,13-18H2,1-6H3/t19-/m1/s1. The van der Waals surface area contributed by atoms with E-state index in [2.05, 4.69) is 0 Å². The molecule has 5 rings (SSSR count). The van der Waals surface area contributed by atoms with Crippen LogP contribution in [0.2, 0.25) is 5.02 Å². The lowest BCUT2D eigenvalue weighted by molar-refractivity contribution is 0.000935. The van der Waals surface area contributed by atoms with Gasteiger partial charge in [0.05, 0.1) is 11.6 Å². The highest BCUT2D eigenvalue weighted by molar-refractivity contribution is 6.35. The summed E-state index contributed by atoms with van der Waals surface area (Å²) >= 11 is 6.95. The Morgan fingerprint density at radius 3 is 2.33 bits per heavy atom. The molecule has 3 aliphatic rings. The van der Waals surface area contributed by atoms with Crippen LogP contribution in [-0.4, -0.2) is 89.5 Å². The van der Waals surface area contributed by atoms with Crippen LogP contribution in [0.3, 0.4) is 0 Å². The summed E-state index contributed by atoms with van der Waals surface area (Å²) in [5, 5.41) is -0.0953. The average molecular weight is 647 g/mol. The minimum atomic E-state index is -1.02. The normalized spacial score (nSPS) is 18.8. The number of amides is 2. The van der Waals surface area contributed by atoms with Crippen LogP contribution in [0.1, 0.15) is 71.2 Å². The van der Waals surface area contributed by atoms with Crippen molar-refractivity contribution in [3.8, 4) is 22.8 Å². The smallest absolute Gasteiger partial charge is 0.489 e. The molecule has 0 saturated carbocycles. The summed E-state index contributed by atoms with van der Waals surface area (Å²) in [7, 11) is 0. The first-order valence-corrected chi connectivity index (χ1v) is 15.6. The summed E-state index contributed by atoms with van der Waals surface area (Å²) in [5.41, 5.74) is -1.52. The quantitative estimate of drug-likeness (QED) is 0.280. The van der Waals surface area contributed by atoms with E-state index in [1.54, 1.807) is 51.3 Å². The Bertz CT molecular complexity index is 1480. The van der Waals surface area contributed by atoms with Crippen molar-refractivity contribution in [2.75, 3.05) is 44.2 Å². The summed E-state index contributed by atoms with van der Waals surface area (Å²) in [6, 6.07) is 3.54. The monoisotopic (exact) mass is 646 g/mol. The molecule has 0 unspecified atom stereocenters. The number of hydrogen-bond acceptors (Lipinski definition) is 9. The Kier molecular flexibility index (Phi) is 9.08. The summed E-state index contributed by atoms with van der Waals surface area (Å²) in [4.78, 5) is 49.8. The zero-order valence-corrected chi connectivity index (χ0v) is 27.3. The van der Waals surface area contributed by atoms with E-state index in [0.717, 1.165) is 19.3 Å². The number of anilines is 1. The maximum Gasteiger partial charge on any atom is 0.514 e. The first-order valence-electron chi connectivity index (χ1n) is 15.2. The summed E-state index contributed by atoms with van der Waals surface area (Å²) < 4.78 is 38.2. The number of carbonyl (C=O) groups is 3. The van der Waals surface area contributed by atoms with Crippen molar-refractivity contribution >= 4 is 35.6 Å². The zero-order valence-electron chi connectivity index (χ0n) is 26.6. The number of ether oxygens (including phenoxy) is 4. The van der Waals surface area contributed by atoms with Gasteiger partial charge < -0.3 is 33.6 Å². The highest BCUT2D eigenvalue weighted by atomic mass is 35.5. The van der Waals surface area contributed by atoms with Crippen LogP contribution in [0, 0.1) is 5.82 Å². The third kappa shape index (κ3) is 7.21. The van der Waals surface area contributed by atoms with Gasteiger partial charge in [0, 0.05) is 32.7 Å². The topological polar surface area (TPSA) is 111 Å². The number of hydrogen-bond donors (Lipinski definition) is 0. The van der Waals surface area contributed by atoms with Gasteiger partial charge in [0.15, 0.2) is 5.75 Å². The first kappa shape index (κ1) is 32.6. The van der Waals surface area contributed by atoms with Gasteiger partial charge in [-0.15, -0.1) is 0 Å². The predicted octanol–water partition coefficient (Wildman–Crippen LogP) is 6.30. The van der Waals surface area contributed by atoms with Crippen LogP contribution < -0.4 is 14.4 Å². The van der Waals surface area contributed by atoms with Crippen LogP contribution in [-0.2, 0) is 9.47 Å². The lowest BCUT2D eigenvalue weighted by atomic mass is 10.0. The van der Waals surface area contributed by atoms with Crippen LogP contribution in [0.15, 0.2) is 18.2 Å². The van der Waals surface area contributed by atoms with Gasteiger partial charge in [0.25, 0.3) is 5.91 Å². The number of piperidine rings is 1. The van der Waals surface area contributed by atoms with E-state index >= 15 is 4.39 Å². The van der Waals surface area contributed by atoms with Crippen LogP contribution in [0.4, 0.5) is 19.8 Å². The molecule has 0 spiro atoms. The molecule has 2 fully saturated rings. The van der Waals surface area contributed by atoms with Crippen LogP contribution in [0.25, 0.3) is 11.3 Å². The fourth-order valence-electron chi connectivity index (χ4n) is 5.62. The van der Waals surface area contributed by atoms with Gasteiger partial charge >= 0.3 is 12.2 Å². The Morgan fingerprint density at radius 1 is 0.978 bits per heavy atom. The van der Waals surface area contributed by atoms with E-state index in [1.165, 1.54) is 18.2 Å². The zero-order chi connectivity index (χ0) is 32.7. The molecule has 0 aliphatic carbocycles. The number of benzene rings is 1. The number of rotatable bonds is 3. The molecular formula is C32H40ClFN4O7. The number of aromatic nitrogens is 1. The molecular weight excluding hydrogens is 607 g/mol. The maximum atomic E-state index is 15.6. The van der Waals surface area contributed by atoms with Gasteiger partial charge in [-0.25, -0.2) is 19.0 Å². The number of halogens is 2. The Labute approximate surface area is 267 Å². The number of nitrogens with zero attached hydrogens (tertiary/aromatic N) is 4. The van der Waals surface area contributed by atoms with Crippen molar-refractivity contribution in [3.05, 3.63) is 34.6 Å². The predicted molar refractivity (Wildman–Crippen MR) is 166 cm³/mol. The van der Waals surface area contributed by atoms with Gasteiger partial charge in [-0.3, -0.25) is 4.79 Å². The second-order valence-electron chi connectivity index (χ2n) is 13.4. The van der Waals surface area contributed by atoms with E-state index in [4.69, 9.17) is 35.5 Å². The molecule has 3 aliphatic heterocycles. The summed E-state index contributed by atoms with van der Waals surface area (Å²) in [6.45, 7) is 12.5. The van der Waals surface area contributed by atoms with E-state index in [0.29, 0.717) is 18.9 Å². The van der Waals surface area contributed by atoms with Crippen molar-refractivity contribution < 1.29 is 37.7 Å². The molecule has 0 radical (unpaired) electrons. The van der Waals surface area contributed by atoms with E-state index < -0.39 is 35.3 Å². The molecule has 1 aromatic heterocycles. The van der Waals surface area contributed by atoms with Gasteiger partial charge in [0.1, 0.15) is 51.5 Å². The second-order valence-corrected chi connectivity index (χ2v) is 13.8. The van der Waals surface area contributed by atoms with Crippen molar-refractivity contribution in [1.82, 2.24) is 14.8 Å². The van der Waals surface area contributed by atoms with Gasteiger partial charge in [-0.1, -0.05) is 17.7 Å². The maximum absolute atomic E-state index is 15.6. The van der Waals surface area contributed by atoms with Gasteiger partial charge in [0.2, 0.25) is 0 Å². The van der Waals surface area contributed by atoms with E-state index in [-0.39, 0.29) is 65.5 Å². The SMILES string of the molecule is CC(C)(C)OC(=O)Oc1cccc(F)c1-c1nc(N2CCCCC2)c2c(c1Cl)OC[C@H]1CN(C(=O)OC(C)(C)C)CCN1C2=O. The molecule has 1 atom stereocenters. The molecule has 4 heterocycles. The molecule has 1 aromatic carbocycles. The molecule has 11 nitrogen and oxygen atoms in total. The number of pyridine rings is 1. The minimum absolute atomic E-state index is 0.0270. The van der Waals surface area contributed by atoms with Crippen molar-refractivity contribution in [2.24, 2.45) is 0 Å². The molecule has 0 N–H and O–H groups in total. The molecule has 2 saturated heterocycles. The summed E-state index contributed by atoms with van der Waals surface area (Å²) in [6.07, 6.45) is 1.30. The third-order valence-electron chi connectivity index (χ3n) is 7.56. The van der Waals surface area contributed by atoms with Gasteiger partial charge in [-0.05, 0) is 72.9 Å².